The van der Waals surface area contributed by atoms with Gasteiger partial charge in [0.15, 0.2) is 0 Å². The van der Waals surface area contributed by atoms with E-state index in [1.54, 1.807) is 6.92 Å². The van der Waals surface area contributed by atoms with Crippen molar-refractivity contribution in [2.75, 3.05) is 16.8 Å². The van der Waals surface area contributed by atoms with Crippen LogP contribution in [0, 0.1) is 17.1 Å². The third-order valence-electron chi connectivity index (χ3n) is 4.70. The molecule has 12 heteroatoms. The van der Waals surface area contributed by atoms with Crippen molar-refractivity contribution in [2.45, 2.75) is 26.7 Å². The van der Waals surface area contributed by atoms with E-state index in [2.05, 4.69) is 15.6 Å². The third kappa shape index (κ3) is 3.88. The van der Waals surface area contributed by atoms with Gasteiger partial charge >= 0.3 is 5.97 Å². The van der Waals surface area contributed by atoms with E-state index in [1.165, 1.54) is 30.9 Å². The van der Waals surface area contributed by atoms with Crippen molar-refractivity contribution in [3.8, 4) is 6.07 Å². The number of nitrogens with zero attached hydrogens (tertiary/aromatic N) is 4. The van der Waals surface area contributed by atoms with E-state index in [4.69, 9.17) is 26.7 Å². The molecule has 0 aliphatic carbocycles. The molecule has 0 unspecified atom stereocenters. The van der Waals surface area contributed by atoms with E-state index >= 15 is 0 Å². The van der Waals surface area contributed by atoms with Crippen molar-refractivity contribution in [1.29, 1.82) is 5.26 Å². The summed E-state index contributed by atoms with van der Waals surface area (Å²) in [6.45, 7) is 4.38. The number of nitriles is 1. The smallest absolute Gasteiger partial charge is 0.336 e. The second-order valence-corrected chi connectivity index (χ2v) is 7.06. The number of carbonyl (C=O) groups is 2. The number of halogens is 2. The largest absolute Gasteiger partial charge is 0.463 e. The number of amides is 1. The Morgan fingerprint density at radius 3 is 2.75 bits per heavy atom. The standard InChI is InChI=1S/C20H18ClFN6O4/c1-4-31-20(30)14-9(2)28(19-18(25-10(3)29)26-32-27-19)17(24)11(8-23)15(14)16-12(21)6-5-7-13(16)22/h5-7,15H,4,24H2,1-3H3,(H,25,26,29)/t15-/m0/s1. The molecule has 1 aliphatic rings. The van der Waals surface area contributed by atoms with E-state index in [-0.39, 0.29) is 51.5 Å². The van der Waals surface area contributed by atoms with Gasteiger partial charge in [-0.3, -0.25) is 9.69 Å². The Morgan fingerprint density at radius 2 is 2.16 bits per heavy atom. The second-order valence-electron chi connectivity index (χ2n) is 6.65. The summed E-state index contributed by atoms with van der Waals surface area (Å²) < 4.78 is 24.8. The maximum atomic E-state index is 14.9. The molecule has 0 spiro atoms. The number of anilines is 2. The first kappa shape index (κ1) is 22.8. The van der Waals surface area contributed by atoms with Crippen molar-refractivity contribution in [3.63, 3.8) is 0 Å². The molecule has 0 bridgehead atoms. The van der Waals surface area contributed by atoms with E-state index in [9.17, 15) is 19.2 Å². The lowest BCUT2D eigenvalue weighted by Gasteiger charge is -2.34. The minimum atomic E-state index is -1.24. The Balaban J connectivity index is 2.33. The first-order chi connectivity index (χ1) is 15.2. The minimum absolute atomic E-state index is 0.000589. The number of benzene rings is 1. The molecule has 1 aromatic carbocycles. The van der Waals surface area contributed by atoms with Crippen LogP contribution in [0.3, 0.4) is 0 Å². The quantitative estimate of drug-likeness (QED) is 0.642. The zero-order valence-electron chi connectivity index (χ0n) is 17.3. The van der Waals surface area contributed by atoms with Crippen LogP contribution in [-0.4, -0.2) is 28.8 Å². The van der Waals surface area contributed by atoms with E-state index < -0.39 is 23.6 Å². The lowest BCUT2D eigenvalue weighted by atomic mass is 9.81. The molecular weight excluding hydrogens is 443 g/mol. The van der Waals surface area contributed by atoms with Crippen LogP contribution in [0.15, 0.2) is 45.5 Å². The highest BCUT2D eigenvalue weighted by Crippen LogP contribution is 2.45. The lowest BCUT2D eigenvalue weighted by molar-refractivity contribution is -0.138. The van der Waals surface area contributed by atoms with Crippen molar-refractivity contribution < 1.29 is 23.3 Å². The summed E-state index contributed by atoms with van der Waals surface area (Å²) in [7, 11) is 0. The molecule has 1 aromatic heterocycles. The van der Waals surface area contributed by atoms with Gasteiger partial charge in [0.2, 0.25) is 17.5 Å². The van der Waals surface area contributed by atoms with Gasteiger partial charge in [0.25, 0.3) is 0 Å². The Morgan fingerprint density at radius 1 is 1.44 bits per heavy atom. The fourth-order valence-electron chi connectivity index (χ4n) is 3.44. The Labute approximate surface area is 187 Å². The number of hydrogen-bond donors (Lipinski definition) is 2. The molecule has 1 atom stereocenters. The average Bonchev–Trinajstić information content (AvgIpc) is 3.15. The number of ether oxygens (including phenoxy) is 1. The number of carbonyl (C=O) groups excluding carboxylic acids is 2. The Hall–Kier alpha value is -3.91. The first-order valence-electron chi connectivity index (χ1n) is 9.34. The van der Waals surface area contributed by atoms with Crippen molar-refractivity contribution in [2.24, 2.45) is 5.73 Å². The van der Waals surface area contributed by atoms with Crippen molar-refractivity contribution >= 4 is 35.1 Å². The summed E-state index contributed by atoms with van der Waals surface area (Å²) in [5.41, 5.74) is 6.09. The van der Waals surface area contributed by atoms with E-state index in [0.29, 0.717) is 0 Å². The molecule has 1 aliphatic heterocycles. The number of nitrogens with two attached hydrogens (primary N) is 1. The van der Waals surface area contributed by atoms with E-state index in [1.807, 2.05) is 6.07 Å². The van der Waals surface area contributed by atoms with Crippen LogP contribution in [0.1, 0.15) is 32.3 Å². The Bertz CT molecular complexity index is 1180. The molecule has 0 saturated carbocycles. The molecule has 2 aromatic rings. The number of aromatic nitrogens is 2. The van der Waals surface area contributed by atoms with Gasteiger partial charge in [-0.15, -0.1) is 0 Å². The fraction of sp³-hybridized carbons (Fsp3) is 0.250. The molecule has 0 saturated heterocycles. The molecule has 0 radical (unpaired) electrons. The zero-order chi connectivity index (χ0) is 23.6. The Kier molecular flexibility index (Phi) is 6.45. The zero-order valence-corrected chi connectivity index (χ0v) is 18.0. The molecule has 10 nitrogen and oxygen atoms in total. The lowest BCUT2D eigenvalue weighted by Crippen LogP contribution is -2.37. The van der Waals surface area contributed by atoms with Gasteiger partial charge in [-0.05, 0) is 36.3 Å². The normalized spacial score (nSPS) is 16.1. The van der Waals surface area contributed by atoms with Crippen molar-refractivity contribution in [3.05, 3.63) is 57.3 Å². The molecule has 3 N–H and O–H groups in total. The van der Waals surface area contributed by atoms with Gasteiger partial charge in [0, 0.05) is 23.2 Å². The van der Waals surface area contributed by atoms with Crippen molar-refractivity contribution in [1.82, 2.24) is 10.3 Å². The number of hydrogen-bond acceptors (Lipinski definition) is 9. The van der Waals surface area contributed by atoms with Gasteiger partial charge in [-0.2, -0.15) is 5.26 Å². The number of nitrogens with one attached hydrogen (secondary N) is 1. The molecular formula is C20H18ClFN6O4. The summed E-state index contributed by atoms with van der Waals surface area (Å²) in [5.74, 6) is -3.60. The molecule has 3 rings (SSSR count). The van der Waals surface area contributed by atoms with Crippen LogP contribution in [0.25, 0.3) is 0 Å². The molecule has 2 heterocycles. The minimum Gasteiger partial charge on any atom is -0.463 e. The summed E-state index contributed by atoms with van der Waals surface area (Å²) >= 11 is 6.26. The number of allylic oxidation sites excluding steroid dienone is 2. The van der Waals surface area contributed by atoms with Gasteiger partial charge < -0.3 is 15.8 Å². The maximum Gasteiger partial charge on any atom is 0.336 e. The number of esters is 1. The topological polar surface area (TPSA) is 147 Å². The third-order valence-corrected chi connectivity index (χ3v) is 5.03. The first-order valence-corrected chi connectivity index (χ1v) is 9.72. The second kappa shape index (κ2) is 9.07. The molecule has 166 valence electrons. The highest BCUT2D eigenvalue weighted by atomic mass is 35.5. The predicted molar refractivity (Wildman–Crippen MR) is 111 cm³/mol. The van der Waals surface area contributed by atoms with Crippen LogP contribution in [0.4, 0.5) is 16.0 Å². The summed E-state index contributed by atoms with van der Waals surface area (Å²) in [4.78, 5) is 25.7. The maximum absolute atomic E-state index is 14.9. The SMILES string of the molecule is CCOC(=O)C1=C(C)N(c2nonc2NC(C)=O)C(N)=C(C#N)[C@@H]1c1c(F)cccc1Cl. The van der Waals surface area contributed by atoms with Gasteiger partial charge in [0.05, 0.1) is 29.7 Å². The van der Waals surface area contributed by atoms with Crippen LogP contribution in [0.2, 0.25) is 5.02 Å². The van der Waals surface area contributed by atoms with E-state index in [0.717, 1.165) is 6.07 Å². The average molecular weight is 461 g/mol. The molecule has 1 amide bonds. The number of rotatable bonds is 5. The predicted octanol–water partition coefficient (Wildman–Crippen LogP) is 2.96. The highest BCUT2D eigenvalue weighted by molar-refractivity contribution is 6.31. The van der Waals surface area contributed by atoms with Crippen LogP contribution in [-0.2, 0) is 14.3 Å². The molecule has 0 fully saturated rings. The van der Waals surface area contributed by atoms with Gasteiger partial charge in [0.1, 0.15) is 11.6 Å². The van der Waals surface area contributed by atoms with Gasteiger partial charge in [-0.1, -0.05) is 17.7 Å². The van der Waals surface area contributed by atoms with Crippen LogP contribution >= 0.6 is 11.6 Å². The monoisotopic (exact) mass is 460 g/mol. The fourth-order valence-corrected chi connectivity index (χ4v) is 3.72. The summed E-state index contributed by atoms with van der Waals surface area (Å²) in [6.07, 6.45) is 0. The summed E-state index contributed by atoms with van der Waals surface area (Å²) in [6, 6.07) is 5.93. The summed E-state index contributed by atoms with van der Waals surface area (Å²) in [5, 5.41) is 19.7. The molecule has 32 heavy (non-hydrogen) atoms. The van der Waals surface area contributed by atoms with Crippen LogP contribution in [0.5, 0.6) is 0 Å². The highest BCUT2D eigenvalue weighted by Gasteiger charge is 2.42. The van der Waals surface area contributed by atoms with Gasteiger partial charge in [-0.25, -0.2) is 13.8 Å². The van der Waals surface area contributed by atoms with Crippen LogP contribution < -0.4 is 16.0 Å².